The molecule has 0 unspecified atom stereocenters. The molecule has 162 valence electrons. The lowest BCUT2D eigenvalue weighted by molar-refractivity contribution is 0.568. The number of fused-ring (bicyclic) bond motifs is 2. The first-order chi connectivity index (χ1) is 16.3. The number of hydrogen-bond donors (Lipinski definition) is 3. The normalized spacial score (nSPS) is 11.5. The zero-order valence-corrected chi connectivity index (χ0v) is 18.1. The number of furan rings is 1. The Balaban J connectivity index is 1.44. The van der Waals surface area contributed by atoms with Gasteiger partial charge in [-0.3, -0.25) is 15.1 Å². The molecule has 6 rings (SSSR count). The third-order valence-corrected chi connectivity index (χ3v) is 5.87. The van der Waals surface area contributed by atoms with Gasteiger partial charge >= 0.3 is 0 Å². The molecule has 1 aromatic carbocycles. The van der Waals surface area contributed by atoms with E-state index in [9.17, 15) is 0 Å². The average Bonchev–Trinajstić information content (AvgIpc) is 3.61. The maximum atomic E-state index is 5.30. The first kappa shape index (κ1) is 19.5. The Labute approximate surface area is 189 Å². The summed E-state index contributed by atoms with van der Waals surface area (Å²) in [5.41, 5.74) is 8.90. The molecule has 0 radical (unpaired) electrons. The predicted octanol–water partition coefficient (Wildman–Crippen LogP) is 5.54. The van der Waals surface area contributed by atoms with Gasteiger partial charge in [-0.25, -0.2) is 0 Å². The number of nitrogens with zero attached hydrogens (tertiary/aromatic N) is 3. The van der Waals surface area contributed by atoms with Gasteiger partial charge in [-0.2, -0.15) is 5.10 Å². The van der Waals surface area contributed by atoms with E-state index in [-0.39, 0.29) is 0 Å². The molecule has 0 amide bonds. The molecule has 0 fully saturated rings. The van der Waals surface area contributed by atoms with Gasteiger partial charge in [0.1, 0.15) is 5.69 Å². The summed E-state index contributed by atoms with van der Waals surface area (Å²) in [6.07, 6.45) is 9.03. The maximum Gasteiger partial charge on any atom is 0.116 e. The summed E-state index contributed by atoms with van der Waals surface area (Å²) >= 11 is 0. The van der Waals surface area contributed by atoms with Crippen molar-refractivity contribution in [1.29, 1.82) is 0 Å². The molecule has 0 spiro atoms. The smallest absolute Gasteiger partial charge is 0.116 e. The molecule has 5 heterocycles. The summed E-state index contributed by atoms with van der Waals surface area (Å²) in [5, 5.41) is 13.2. The topological polar surface area (TPSA) is 95.4 Å². The standard InChI is InChI=1S/C26H22N6O/c1-2-27-11-16-8-18(13-28-12-16)23-10-21-25(14-29-23)31-32-26(21)24-9-20-19(17-6-7-33-15-17)4-3-5-22(20)30-24/h3-10,12-15,27,30H,2,11H2,1H3,(H,31,32). The van der Waals surface area contributed by atoms with Gasteiger partial charge in [0, 0.05) is 46.4 Å². The molecular weight excluding hydrogens is 412 g/mol. The summed E-state index contributed by atoms with van der Waals surface area (Å²) in [7, 11) is 0. The monoisotopic (exact) mass is 434 g/mol. The average molecular weight is 435 g/mol. The Morgan fingerprint density at radius 3 is 2.82 bits per heavy atom. The molecule has 7 heteroatoms. The van der Waals surface area contributed by atoms with Crippen LogP contribution in [0.1, 0.15) is 12.5 Å². The van der Waals surface area contributed by atoms with E-state index >= 15 is 0 Å². The molecule has 0 aliphatic heterocycles. The molecule has 6 aromatic rings. The number of nitrogens with one attached hydrogen (secondary N) is 3. The Morgan fingerprint density at radius 1 is 0.970 bits per heavy atom. The lowest BCUT2D eigenvalue weighted by atomic mass is 10.0. The quantitative estimate of drug-likeness (QED) is 0.320. The van der Waals surface area contributed by atoms with Crippen LogP contribution in [0.3, 0.4) is 0 Å². The van der Waals surface area contributed by atoms with E-state index in [4.69, 9.17) is 4.42 Å². The molecule has 33 heavy (non-hydrogen) atoms. The molecule has 0 saturated carbocycles. The van der Waals surface area contributed by atoms with Gasteiger partial charge in [0.25, 0.3) is 0 Å². The molecule has 3 N–H and O–H groups in total. The van der Waals surface area contributed by atoms with Crippen LogP contribution in [0.15, 0.2) is 78.0 Å². The first-order valence-corrected chi connectivity index (χ1v) is 10.9. The van der Waals surface area contributed by atoms with Crippen molar-refractivity contribution in [3.05, 3.63) is 79.1 Å². The molecular formula is C26H22N6O. The molecule has 0 aliphatic rings. The molecule has 5 aromatic heterocycles. The maximum absolute atomic E-state index is 5.30. The van der Waals surface area contributed by atoms with Crippen molar-refractivity contribution in [2.75, 3.05) is 6.54 Å². The van der Waals surface area contributed by atoms with Crippen LogP contribution in [0.25, 0.3) is 55.6 Å². The number of benzene rings is 1. The number of aromatic nitrogens is 5. The van der Waals surface area contributed by atoms with E-state index < -0.39 is 0 Å². The van der Waals surface area contributed by atoms with Gasteiger partial charge in [0.2, 0.25) is 0 Å². The van der Waals surface area contributed by atoms with Crippen molar-refractivity contribution in [3.8, 4) is 33.8 Å². The first-order valence-electron chi connectivity index (χ1n) is 10.9. The summed E-state index contributed by atoms with van der Waals surface area (Å²) in [6, 6.07) is 14.5. The van der Waals surface area contributed by atoms with Crippen LogP contribution in [0.4, 0.5) is 0 Å². The minimum atomic E-state index is 0.782. The summed E-state index contributed by atoms with van der Waals surface area (Å²) in [5.74, 6) is 0. The Morgan fingerprint density at radius 2 is 1.94 bits per heavy atom. The third kappa shape index (κ3) is 3.48. The molecule has 7 nitrogen and oxygen atoms in total. The number of pyridine rings is 2. The zero-order valence-electron chi connectivity index (χ0n) is 18.1. The fraction of sp³-hybridized carbons (Fsp3) is 0.115. The van der Waals surface area contributed by atoms with E-state index in [1.54, 1.807) is 12.5 Å². The Kier molecular flexibility index (Phi) is 4.74. The van der Waals surface area contributed by atoms with E-state index in [1.165, 1.54) is 0 Å². The van der Waals surface area contributed by atoms with Crippen molar-refractivity contribution in [3.63, 3.8) is 0 Å². The van der Waals surface area contributed by atoms with Crippen LogP contribution in [-0.4, -0.2) is 31.7 Å². The fourth-order valence-electron chi connectivity index (χ4n) is 4.23. The molecule has 0 aliphatic carbocycles. The second-order valence-corrected chi connectivity index (χ2v) is 8.01. The highest BCUT2D eigenvalue weighted by molar-refractivity contribution is 6.01. The van der Waals surface area contributed by atoms with E-state index in [1.807, 2.05) is 30.7 Å². The number of hydrogen-bond acceptors (Lipinski definition) is 5. The van der Waals surface area contributed by atoms with Crippen LogP contribution in [-0.2, 0) is 6.54 Å². The van der Waals surface area contributed by atoms with Gasteiger partial charge in [0.15, 0.2) is 0 Å². The fourth-order valence-corrected chi connectivity index (χ4v) is 4.23. The van der Waals surface area contributed by atoms with Crippen LogP contribution >= 0.6 is 0 Å². The second kappa shape index (κ2) is 8.03. The highest BCUT2D eigenvalue weighted by Gasteiger charge is 2.15. The van der Waals surface area contributed by atoms with Crippen molar-refractivity contribution >= 4 is 21.8 Å². The largest absolute Gasteiger partial charge is 0.472 e. The highest BCUT2D eigenvalue weighted by Crippen LogP contribution is 2.34. The lowest BCUT2D eigenvalue weighted by Crippen LogP contribution is -2.11. The summed E-state index contributed by atoms with van der Waals surface area (Å²) in [6.45, 7) is 3.79. The van der Waals surface area contributed by atoms with E-state index in [2.05, 4.69) is 67.7 Å². The van der Waals surface area contributed by atoms with Crippen molar-refractivity contribution in [2.24, 2.45) is 0 Å². The number of H-pyrrole nitrogens is 2. The van der Waals surface area contributed by atoms with Gasteiger partial charge < -0.3 is 14.7 Å². The number of rotatable bonds is 6. The molecule has 0 saturated heterocycles. The van der Waals surface area contributed by atoms with Crippen LogP contribution in [0.2, 0.25) is 0 Å². The van der Waals surface area contributed by atoms with Gasteiger partial charge in [0.05, 0.1) is 35.6 Å². The number of aromatic amines is 2. The van der Waals surface area contributed by atoms with Crippen LogP contribution < -0.4 is 5.32 Å². The van der Waals surface area contributed by atoms with Gasteiger partial charge in [-0.15, -0.1) is 0 Å². The van der Waals surface area contributed by atoms with Gasteiger partial charge in [-0.1, -0.05) is 19.1 Å². The minimum absolute atomic E-state index is 0.782. The Hall–Kier alpha value is -4.23. The zero-order chi connectivity index (χ0) is 22.2. The lowest BCUT2D eigenvalue weighted by Gasteiger charge is -2.05. The molecule has 0 bridgehead atoms. The van der Waals surface area contributed by atoms with Gasteiger partial charge in [-0.05, 0) is 48.0 Å². The van der Waals surface area contributed by atoms with E-state index in [0.29, 0.717) is 0 Å². The Bertz CT molecular complexity index is 1560. The van der Waals surface area contributed by atoms with Crippen molar-refractivity contribution in [2.45, 2.75) is 13.5 Å². The van der Waals surface area contributed by atoms with Crippen molar-refractivity contribution in [1.82, 2.24) is 30.5 Å². The van der Waals surface area contributed by atoms with E-state index in [0.717, 1.165) is 74.2 Å². The summed E-state index contributed by atoms with van der Waals surface area (Å²) < 4.78 is 5.30. The molecule has 0 atom stereocenters. The van der Waals surface area contributed by atoms with Crippen molar-refractivity contribution < 1.29 is 4.42 Å². The third-order valence-electron chi connectivity index (χ3n) is 5.87. The second-order valence-electron chi connectivity index (χ2n) is 8.01. The minimum Gasteiger partial charge on any atom is -0.472 e. The highest BCUT2D eigenvalue weighted by atomic mass is 16.3. The van der Waals surface area contributed by atoms with Crippen LogP contribution in [0.5, 0.6) is 0 Å². The van der Waals surface area contributed by atoms with Crippen LogP contribution in [0, 0.1) is 0 Å². The summed E-state index contributed by atoms with van der Waals surface area (Å²) in [4.78, 5) is 12.6. The predicted molar refractivity (Wildman–Crippen MR) is 129 cm³/mol. The SMILES string of the molecule is CCNCc1cncc(-c2cc3c(-c4cc5c(-c6ccoc6)cccc5[nH]4)n[nH]c3cn2)c1.